The van der Waals surface area contributed by atoms with Crippen LogP contribution in [0.25, 0.3) is 0 Å². The fourth-order valence-corrected chi connectivity index (χ4v) is 3.03. The molecule has 1 aliphatic rings. The lowest BCUT2D eigenvalue weighted by Gasteiger charge is -2.28. The number of hydroxylamine groups is 1. The van der Waals surface area contributed by atoms with E-state index in [1.54, 1.807) is 17.6 Å². The molecule has 2 N–H and O–H groups in total. The largest absolute Gasteiger partial charge is 0.294 e. The summed E-state index contributed by atoms with van der Waals surface area (Å²) in [6.45, 7) is 7.07. The standard InChI is InChI=1S/C19H23N3O2/c1-13(2)17-8-7-16-12-22(10-9-18(16)20-17)11-14-3-5-15(6-4-14)19(23)21-24/h3-8,13,24H,9-12H2,1-2H3,(H,21,23). The SMILES string of the molecule is CC(C)c1ccc2c(n1)CCN(Cc1ccc(C(=O)NO)cc1)C2. The molecule has 1 aromatic carbocycles. The first-order valence-corrected chi connectivity index (χ1v) is 8.31. The third-order valence-electron chi connectivity index (χ3n) is 4.46. The van der Waals surface area contributed by atoms with E-state index in [1.807, 2.05) is 12.1 Å². The maximum Gasteiger partial charge on any atom is 0.274 e. The Labute approximate surface area is 142 Å². The van der Waals surface area contributed by atoms with Crippen LogP contribution in [-0.4, -0.2) is 27.5 Å². The Morgan fingerprint density at radius 3 is 2.67 bits per heavy atom. The molecule has 5 heteroatoms. The topological polar surface area (TPSA) is 65.5 Å². The summed E-state index contributed by atoms with van der Waals surface area (Å²) in [5, 5.41) is 8.65. The van der Waals surface area contributed by atoms with Crippen molar-refractivity contribution >= 4 is 5.91 Å². The predicted molar refractivity (Wildman–Crippen MR) is 91.8 cm³/mol. The molecule has 1 amide bonds. The van der Waals surface area contributed by atoms with Gasteiger partial charge < -0.3 is 0 Å². The molecule has 0 atom stereocenters. The number of aromatic nitrogens is 1. The van der Waals surface area contributed by atoms with Crippen molar-refractivity contribution in [1.29, 1.82) is 0 Å². The molecule has 0 fully saturated rings. The van der Waals surface area contributed by atoms with E-state index in [4.69, 9.17) is 10.2 Å². The van der Waals surface area contributed by atoms with E-state index in [9.17, 15) is 4.79 Å². The number of nitrogens with zero attached hydrogens (tertiary/aromatic N) is 2. The van der Waals surface area contributed by atoms with E-state index in [1.165, 1.54) is 17.0 Å². The molecule has 0 saturated heterocycles. The molecule has 3 rings (SSSR count). The number of rotatable bonds is 4. The van der Waals surface area contributed by atoms with Crippen LogP contribution in [0.2, 0.25) is 0 Å². The van der Waals surface area contributed by atoms with Crippen LogP contribution in [0.1, 0.15) is 52.6 Å². The number of carbonyl (C=O) groups is 1. The van der Waals surface area contributed by atoms with Crippen LogP contribution in [0.5, 0.6) is 0 Å². The number of pyridine rings is 1. The number of carbonyl (C=O) groups excluding carboxylic acids is 1. The fourth-order valence-electron chi connectivity index (χ4n) is 3.03. The highest BCUT2D eigenvalue weighted by Crippen LogP contribution is 2.22. The molecule has 5 nitrogen and oxygen atoms in total. The average Bonchev–Trinajstić information content (AvgIpc) is 2.61. The van der Waals surface area contributed by atoms with Gasteiger partial charge in [0.2, 0.25) is 0 Å². The molecular weight excluding hydrogens is 302 g/mol. The zero-order valence-electron chi connectivity index (χ0n) is 14.1. The third-order valence-corrected chi connectivity index (χ3v) is 4.46. The molecule has 2 aromatic rings. The number of hydrogen-bond donors (Lipinski definition) is 2. The van der Waals surface area contributed by atoms with Gasteiger partial charge in [0.05, 0.1) is 0 Å². The molecule has 0 saturated carbocycles. The van der Waals surface area contributed by atoms with Gasteiger partial charge in [0.25, 0.3) is 5.91 Å². The number of amides is 1. The van der Waals surface area contributed by atoms with Crippen LogP contribution in [0.15, 0.2) is 36.4 Å². The summed E-state index contributed by atoms with van der Waals surface area (Å²) < 4.78 is 0. The Morgan fingerprint density at radius 1 is 1.25 bits per heavy atom. The third kappa shape index (κ3) is 3.63. The van der Waals surface area contributed by atoms with Crippen LogP contribution in [0.4, 0.5) is 0 Å². The van der Waals surface area contributed by atoms with Crippen LogP contribution >= 0.6 is 0 Å². The summed E-state index contributed by atoms with van der Waals surface area (Å²) in [5.41, 5.74) is 6.96. The van der Waals surface area contributed by atoms with Gasteiger partial charge in [-0.2, -0.15) is 0 Å². The molecule has 0 radical (unpaired) electrons. The number of benzene rings is 1. The first kappa shape index (κ1) is 16.6. The van der Waals surface area contributed by atoms with E-state index in [0.29, 0.717) is 11.5 Å². The zero-order valence-corrected chi connectivity index (χ0v) is 14.1. The molecule has 0 unspecified atom stereocenters. The van der Waals surface area contributed by atoms with Crippen molar-refractivity contribution in [1.82, 2.24) is 15.4 Å². The Hall–Kier alpha value is -2.24. The van der Waals surface area contributed by atoms with Gasteiger partial charge in [-0.1, -0.05) is 32.0 Å². The van der Waals surface area contributed by atoms with Gasteiger partial charge >= 0.3 is 0 Å². The highest BCUT2D eigenvalue weighted by atomic mass is 16.5. The van der Waals surface area contributed by atoms with Crippen molar-refractivity contribution in [2.75, 3.05) is 6.54 Å². The normalized spacial score (nSPS) is 14.5. The first-order chi connectivity index (χ1) is 11.6. The predicted octanol–water partition coefficient (Wildman–Crippen LogP) is 2.88. The molecule has 0 bridgehead atoms. The van der Waals surface area contributed by atoms with E-state index in [2.05, 4.69) is 30.9 Å². The average molecular weight is 325 g/mol. The van der Waals surface area contributed by atoms with Crippen molar-refractivity contribution in [3.8, 4) is 0 Å². The second-order valence-corrected chi connectivity index (χ2v) is 6.60. The number of fused-ring (bicyclic) bond motifs is 1. The molecule has 126 valence electrons. The minimum absolute atomic E-state index is 0.454. The van der Waals surface area contributed by atoms with E-state index in [0.717, 1.165) is 31.6 Å². The number of nitrogens with one attached hydrogen (secondary N) is 1. The van der Waals surface area contributed by atoms with Gasteiger partial charge in [-0.25, -0.2) is 5.48 Å². The molecule has 1 aliphatic heterocycles. The van der Waals surface area contributed by atoms with Crippen molar-refractivity contribution < 1.29 is 10.0 Å². The second-order valence-electron chi connectivity index (χ2n) is 6.60. The molecule has 24 heavy (non-hydrogen) atoms. The minimum Gasteiger partial charge on any atom is -0.294 e. The van der Waals surface area contributed by atoms with Crippen molar-refractivity contribution in [2.24, 2.45) is 0 Å². The van der Waals surface area contributed by atoms with Gasteiger partial charge in [-0.05, 0) is 35.2 Å². The summed E-state index contributed by atoms with van der Waals surface area (Å²) in [7, 11) is 0. The monoisotopic (exact) mass is 325 g/mol. The smallest absolute Gasteiger partial charge is 0.274 e. The van der Waals surface area contributed by atoms with Crippen molar-refractivity contribution in [3.05, 3.63) is 64.5 Å². The van der Waals surface area contributed by atoms with Gasteiger partial charge in [0, 0.05) is 43.0 Å². The molecule has 0 spiro atoms. The first-order valence-electron chi connectivity index (χ1n) is 8.31. The maximum atomic E-state index is 11.3. The summed E-state index contributed by atoms with van der Waals surface area (Å²) >= 11 is 0. The van der Waals surface area contributed by atoms with E-state index >= 15 is 0 Å². The highest BCUT2D eigenvalue weighted by Gasteiger charge is 2.18. The number of hydrogen-bond acceptors (Lipinski definition) is 4. The minimum atomic E-state index is -0.486. The van der Waals surface area contributed by atoms with Gasteiger partial charge in [-0.15, -0.1) is 0 Å². The lowest BCUT2D eigenvalue weighted by Crippen LogP contribution is -2.30. The fraction of sp³-hybridized carbons (Fsp3) is 0.368. The van der Waals surface area contributed by atoms with Gasteiger partial charge in [-0.3, -0.25) is 19.9 Å². The Bertz CT molecular complexity index is 726. The lowest BCUT2D eigenvalue weighted by molar-refractivity contribution is 0.0706. The summed E-state index contributed by atoms with van der Waals surface area (Å²) in [6.07, 6.45) is 0.973. The lowest BCUT2D eigenvalue weighted by atomic mass is 10.0. The van der Waals surface area contributed by atoms with Crippen LogP contribution < -0.4 is 5.48 Å². The van der Waals surface area contributed by atoms with E-state index < -0.39 is 5.91 Å². The Balaban J connectivity index is 1.66. The Morgan fingerprint density at radius 2 is 2.00 bits per heavy atom. The highest BCUT2D eigenvalue weighted by molar-refractivity contribution is 5.93. The van der Waals surface area contributed by atoms with E-state index in [-0.39, 0.29) is 0 Å². The summed E-state index contributed by atoms with van der Waals surface area (Å²) in [6, 6.07) is 11.7. The van der Waals surface area contributed by atoms with Crippen LogP contribution in [0.3, 0.4) is 0 Å². The quantitative estimate of drug-likeness (QED) is 0.670. The van der Waals surface area contributed by atoms with Crippen molar-refractivity contribution in [3.63, 3.8) is 0 Å². The summed E-state index contributed by atoms with van der Waals surface area (Å²) in [4.78, 5) is 18.5. The van der Waals surface area contributed by atoms with Crippen LogP contribution in [0, 0.1) is 0 Å². The second kappa shape index (κ2) is 7.11. The molecule has 2 heterocycles. The molecule has 1 aromatic heterocycles. The van der Waals surface area contributed by atoms with Crippen molar-refractivity contribution in [2.45, 2.75) is 39.3 Å². The molecule has 0 aliphatic carbocycles. The molecular formula is C19H23N3O2. The van der Waals surface area contributed by atoms with Gasteiger partial charge in [0.1, 0.15) is 0 Å². The maximum absolute atomic E-state index is 11.3. The Kier molecular flexibility index (Phi) is 4.92. The zero-order chi connectivity index (χ0) is 17.1. The van der Waals surface area contributed by atoms with Gasteiger partial charge in [0.15, 0.2) is 0 Å². The summed E-state index contributed by atoms with van der Waals surface area (Å²) in [5.74, 6) is -0.0246. The van der Waals surface area contributed by atoms with Crippen LogP contribution in [-0.2, 0) is 19.5 Å².